The zero-order valence-corrected chi connectivity index (χ0v) is 15.3. The van der Waals surface area contributed by atoms with Gasteiger partial charge in [0, 0.05) is 24.1 Å². The van der Waals surface area contributed by atoms with Crippen molar-refractivity contribution in [3.05, 3.63) is 76.9 Å². The molecule has 0 fully saturated rings. The topological polar surface area (TPSA) is 116 Å². The van der Waals surface area contributed by atoms with E-state index in [0.717, 1.165) is 0 Å². The van der Waals surface area contributed by atoms with Crippen molar-refractivity contribution in [2.24, 2.45) is 0 Å². The molecule has 144 valence electrons. The van der Waals surface area contributed by atoms with Crippen molar-refractivity contribution in [3.8, 4) is 23.0 Å². The highest BCUT2D eigenvalue weighted by Gasteiger charge is 2.35. The third-order valence-corrected chi connectivity index (χ3v) is 4.49. The zero-order chi connectivity index (χ0) is 20.7. The van der Waals surface area contributed by atoms with Gasteiger partial charge in [-0.05, 0) is 24.3 Å². The van der Waals surface area contributed by atoms with Crippen molar-refractivity contribution in [2.45, 2.75) is 6.92 Å². The standard InChI is InChI=1S/C22H15NO6/c1-11(24)28-12-6-8-13(9-7-12)29-17-10-16(25)18-19(20(17)23)22(27)15-5-3-2-4-14(15)21(18)26/h2-10,25H,23H2,1H3. The largest absolute Gasteiger partial charge is 0.507 e. The Balaban J connectivity index is 1.74. The van der Waals surface area contributed by atoms with Crippen LogP contribution in [0.15, 0.2) is 54.6 Å². The fourth-order valence-electron chi connectivity index (χ4n) is 3.23. The summed E-state index contributed by atoms with van der Waals surface area (Å²) in [5.74, 6) is -1.08. The van der Waals surface area contributed by atoms with Crippen molar-refractivity contribution >= 4 is 23.2 Å². The molecule has 0 unspecified atom stereocenters. The van der Waals surface area contributed by atoms with Crippen LogP contribution in [0.25, 0.3) is 0 Å². The molecule has 1 aliphatic rings. The molecule has 3 aromatic carbocycles. The quantitative estimate of drug-likeness (QED) is 0.238. The minimum atomic E-state index is -0.475. The van der Waals surface area contributed by atoms with Crippen LogP contribution < -0.4 is 15.2 Å². The lowest BCUT2D eigenvalue weighted by Crippen LogP contribution is -2.22. The van der Waals surface area contributed by atoms with E-state index in [4.69, 9.17) is 15.2 Å². The number of rotatable bonds is 3. The van der Waals surface area contributed by atoms with Gasteiger partial charge in [-0.1, -0.05) is 24.3 Å². The van der Waals surface area contributed by atoms with Crippen LogP contribution in [0.3, 0.4) is 0 Å². The maximum absolute atomic E-state index is 12.9. The lowest BCUT2D eigenvalue weighted by atomic mass is 9.82. The first kappa shape index (κ1) is 18.2. The molecule has 7 nitrogen and oxygen atoms in total. The highest BCUT2D eigenvalue weighted by molar-refractivity contribution is 6.31. The van der Waals surface area contributed by atoms with Crippen molar-refractivity contribution in [1.82, 2.24) is 0 Å². The molecule has 0 saturated carbocycles. The molecule has 0 aliphatic heterocycles. The number of ether oxygens (including phenoxy) is 2. The number of carbonyl (C=O) groups is 3. The molecule has 3 N–H and O–H groups in total. The Morgan fingerprint density at radius 3 is 2.03 bits per heavy atom. The molecule has 0 spiro atoms. The van der Waals surface area contributed by atoms with Gasteiger partial charge in [0.2, 0.25) is 0 Å². The SMILES string of the molecule is CC(=O)Oc1ccc(Oc2cc(O)c3c(c2N)C(=O)c2ccccc2C3=O)cc1. The third-order valence-electron chi connectivity index (χ3n) is 4.49. The number of hydrogen-bond donors (Lipinski definition) is 2. The van der Waals surface area contributed by atoms with E-state index in [1.54, 1.807) is 12.1 Å². The molecule has 0 bridgehead atoms. The smallest absolute Gasteiger partial charge is 0.308 e. The summed E-state index contributed by atoms with van der Waals surface area (Å²) in [5.41, 5.74) is 6.32. The first-order valence-electron chi connectivity index (χ1n) is 8.67. The van der Waals surface area contributed by atoms with Gasteiger partial charge in [-0.15, -0.1) is 0 Å². The van der Waals surface area contributed by atoms with Gasteiger partial charge in [0.25, 0.3) is 0 Å². The lowest BCUT2D eigenvalue weighted by molar-refractivity contribution is -0.131. The normalized spacial score (nSPS) is 12.2. The van der Waals surface area contributed by atoms with E-state index in [0.29, 0.717) is 11.5 Å². The molecule has 0 amide bonds. The minimum absolute atomic E-state index is 0.0296. The summed E-state index contributed by atoms with van der Waals surface area (Å²) < 4.78 is 10.7. The van der Waals surface area contributed by atoms with Gasteiger partial charge in [-0.3, -0.25) is 14.4 Å². The van der Waals surface area contributed by atoms with E-state index in [1.807, 2.05) is 0 Å². The van der Waals surface area contributed by atoms with Gasteiger partial charge >= 0.3 is 5.97 Å². The fourth-order valence-corrected chi connectivity index (χ4v) is 3.23. The molecular weight excluding hydrogens is 374 g/mol. The molecule has 29 heavy (non-hydrogen) atoms. The van der Waals surface area contributed by atoms with E-state index >= 15 is 0 Å². The van der Waals surface area contributed by atoms with Crippen LogP contribution in [0.2, 0.25) is 0 Å². The number of nitrogens with two attached hydrogens (primary N) is 1. The predicted octanol–water partition coefficient (Wildman–Crippen LogP) is 3.47. The summed E-state index contributed by atoms with van der Waals surface area (Å²) in [6.45, 7) is 1.29. The molecule has 0 aromatic heterocycles. The summed E-state index contributed by atoms with van der Waals surface area (Å²) in [5, 5.41) is 10.4. The van der Waals surface area contributed by atoms with E-state index in [2.05, 4.69) is 0 Å². The molecule has 0 heterocycles. The number of esters is 1. The Labute approximate surface area is 165 Å². The highest BCUT2D eigenvalue weighted by Crippen LogP contribution is 2.42. The van der Waals surface area contributed by atoms with Gasteiger partial charge in [-0.25, -0.2) is 0 Å². The molecule has 3 aromatic rings. The molecule has 0 saturated heterocycles. The Bertz CT molecular complexity index is 1180. The number of nitrogen functional groups attached to an aromatic ring is 1. The van der Waals surface area contributed by atoms with E-state index in [1.165, 1.54) is 49.4 Å². The summed E-state index contributed by atoms with van der Waals surface area (Å²) in [6.07, 6.45) is 0. The second-order valence-electron chi connectivity index (χ2n) is 6.43. The van der Waals surface area contributed by atoms with E-state index < -0.39 is 23.3 Å². The number of phenols is 1. The van der Waals surface area contributed by atoms with E-state index in [9.17, 15) is 19.5 Å². The van der Waals surface area contributed by atoms with Crippen LogP contribution in [0, 0.1) is 0 Å². The van der Waals surface area contributed by atoms with Crippen LogP contribution in [0.4, 0.5) is 5.69 Å². The minimum Gasteiger partial charge on any atom is -0.507 e. The second kappa shape index (κ2) is 6.79. The Kier molecular flexibility index (Phi) is 4.27. The Morgan fingerprint density at radius 2 is 1.45 bits per heavy atom. The molecule has 4 rings (SSSR count). The number of carbonyl (C=O) groups excluding carboxylic acids is 3. The van der Waals surface area contributed by atoms with Crippen molar-refractivity contribution < 1.29 is 29.0 Å². The average molecular weight is 389 g/mol. The second-order valence-corrected chi connectivity index (χ2v) is 6.43. The molecule has 0 atom stereocenters. The van der Waals surface area contributed by atoms with Gasteiger partial charge in [-0.2, -0.15) is 0 Å². The number of aromatic hydroxyl groups is 1. The van der Waals surface area contributed by atoms with Crippen molar-refractivity contribution in [2.75, 3.05) is 5.73 Å². The third kappa shape index (κ3) is 3.08. The van der Waals surface area contributed by atoms with Gasteiger partial charge in [0.1, 0.15) is 17.2 Å². The number of ketones is 2. The molecular formula is C22H15NO6. The maximum atomic E-state index is 12.9. The predicted molar refractivity (Wildman–Crippen MR) is 104 cm³/mol. The Hall–Kier alpha value is -4.13. The van der Waals surface area contributed by atoms with Gasteiger partial charge in [0.05, 0.1) is 16.8 Å². The van der Waals surface area contributed by atoms with Crippen LogP contribution in [0.5, 0.6) is 23.0 Å². The van der Waals surface area contributed by atoms with Gasteiger partial charge in [0.15, 0.2) is 17.3 Å². The summed E-state index contributed by atoms with van der Waals surface area (Å²) in [6, 6.07) is 13.7. The summed E-state index contributed by atoms with van der Waals surface area (Å²) in [7, 11) is 0. The number of benzene rings is 3. The van der Waals surface area contributed by atoms with Crippen molar-refractivity contribution in [1.29, 1.82) is 0 Å². The van der Waals surface area contributed by atoms with E-state index in [-0.39, 0.29) is 33.7 Å². The van der Waals surface area contributed by atoms with Gasteiger partial charge < -0.3 is 20.3 Å². The highest BCUT2D eigenvalue weighted by atomic mass is 16.5. The van der Waals surface area contributed by atoms with Crippen LogP contribution >= 0.6 is 0 Å². The fraction of sp³-hybridized carbons (Fsp3) is 0.0455. The van der Waals surface area contributed by atoms with Crippen LogP contribution in [-0.4, -0.2) is 22.6 Å². The maximum Gasteiger partial charge on any atom is 0.308 e. The first-order valence-corrected chi connectivity index (χ1v) is 8.67. The molecule has 1 aliphatic carbocycles. The number of phenolic OH excluding ortho intramolecular Hbond substituents is 1. The number of fused-ring (bicyclic) bond motifs is 2. The Morgan fingerprint density at radius 1 is 0.897 bits per heavy atom. The summed E-state index contributed by atoms with van der Waals surface area (Å²) >= 11 is 0. The monoisotopic (exact) mass is 389 g/mol. The molecule has 7 heteroatoms. The summed E-state index contributed by atoms with van der Waals surface area (Å²) in [4.78, 5) is 36.7. The van der Waals surface area contributed by atoms with Crippen LogP contribution in [0.1, 0.15) is 38.8 Å². The average Bonchev–Trinajstić information content (AvgIpc) is 2.69. The van der Waals surface area contributed by atoms with Crippen molar-refractivity contribution in [3.63, 3.8) is 0 Å². The number of hydrogen-bond acceptors (Lipinski definition) is 7. The zero-order valence-electron chi connectivity index (χ0n) is 15.3. The first-order chi connectivity index (χ1) is 13.9. The van der Waals surface area contributed by atoms with Crippen LogP contribution in [-0.2, 0) is 4.79 Å². The molecule has 0 radical (unpaired) electrons. The lowest BCUT2D eigenvalue weighted by Gasteiger charge is -2.21. The number of anilines is 1.